The lowest BCUT2D eigenvalue weighted by molar-refractivity contribution is -0.150. The van der Waals surface area contributed by atoms with Crippen LogP contribution in [0.1, 0.15) is 40.5 Å². The van der Waals surface area contributed by atoms with Gasteiger partial charge >= 0.3 is 0 Å². The van der Waals surface area contributed by atoms with Crippen molar-refractivity contribution in [2.24, 2.45) is 0 Å². The quantitative estimate of drug-likeness (QED) is 0.769. The molecule has 0 aromatic heterocycles. The minimum atomic E-state index is -0.376. The average Bonchev–Trinajstić information content (AvgIpc) is 2.32. The van der Waals surface area contributed by atoms with Crippen LogP contribution in [0.25, 0.3) is 0 Å². The monoisotopic (exact) mass is 256 g/mol. The first-order valence-corrected chi connectivity index (χ1v) is 6.73. The summed E-state index contributed by atoms with van der Waals surface area (Å²) >= 11 is 0. The molecule has 1 fully saturated rings. The zero-order valence-electron chi connectivity index (χ0n) is 11.7. The van der Waals surface area contributed by atoms with Gasteiger partial charge in [0.2, 0.25) is 11.8 Å². The third-order valence-electron chi connectivity index (χ3n) is 3.15. The maximum absolute atomic E-state index is 12.2. The van der Waals surface area contributed by atoms with Crippen LogP contribution in [0, 0.1) is 0 Å². The molecule has 1 aliphatic heterocycles. The molecule has 2 amide bonds. The van der Waals surface area contributed by atoms with Gasteiger partial charge in [-0.05, 0) is 26.7 Å². The van der Waals surface area contributed by atoms with Crippen LogP contribution in [0.2, 0.25) is 0 Å². The SMILES string of the molecule is CCC1NC(=O)C(CC)N(CCOC(C)C)C1=O. The van der Waals surface area contributed by atoms with Gasteiger partial charge < -0.3 is 15.0 Å². The van der Waals surface area contributed by atoms with Gasteiger partial charge in [0.25, 0.3) is 0 Å². The van der Waals surface area contributed by atoms with Crippen LogP contribution in [0.15, 0.2) is 0 Å². The van der Waals surface area contributed by atoms with Crippen molar-refractivity contribution in [2.75, 3.05) is 13.2 Å². The lowest BCUT2D eigenvalue weighted by Crippen LogP contribution is -2.63. The number of hydrogen-bond acceptors (Lipinski definition) is 3. The molecule has 5 nitrogen and oxygen atoms in total. The van der Waals surface area contributed by atoms with E-state index in [9.17, 15) is 9.59 Å². The molecule has 1 heterocycles. The number of hydrogen-bond donors (Lipinski definition) is 1. The van der Waals surface area contributed by atoms with Crippen molar-refractivity contribution >= 4 is 11.8 Å². The summed E-state index contributed by atoms with van der Waals surface area (Å²) in [7, 11) is 0. The van der Waals surface area contributed by atoms with Crippen molar-refractivity contribution in [1.29, 1.82) is 0 Å². The molecule has 18 heavy (non-hydrogen) atoms. The van der Waals surface area contributed by atoms with Gasteiger partial charge in [0.05, 0.1) is 12.7 Å². The van der Waals surface area contributed by atoms with Crippen LogP contribution in [0.3, 0.4) is 0 Å². The van der Waals surface area contributed by atoms with Crippen molar-refractivity contribution in [2.45, 2.75) is 58.7 Å². The molecular weight excluding hydrogens is 232 g/mol. The van der Waals surface area contributed by atoms with Crippen molar-refractivity contribution in [3.05, 3.63) is 0 Å². The standard InChI is InChI=1S/C13H24N2O3/c1-5-10-13(17)15(7-8-18-9(3)4)11(6-2)12(16)14-10/h9-11H,5-8H2,1-4H3,(H,14,16). The molecule has 5 heteroatoms. The third kappa shape index (κ3) is 3.45. The van der Waals surface area contributed by atoms with E-state index in [2.05, 4.69) is 5.32 Å². The molecule has 1 aliphatic rings. The summed E-state index contributed by atoms with van der Waals surface area (Å²) in [6.45, 7) is 8.69. The topological polar surface area (TPSA) is 58.6 Å². The van der Waals surface area contributed by atoms with E-state index in [0.29, 0.717) is 26.0 Å². The molecule has 0 saturated carbocycles. The first-order chi connectivity index (χ1) is 8.51. The van der Waals surface area contributed by atoms with E-state index in [-0.39, 0.29) is 30.0 Å². The lowest BCUT2D eigenvalue weighted by atomic mass is 10.0. The van der Waals surface area contributed by atoms with E-state index in [0.717, 1.165) is 0 Å². The number of piperazine rings is 1. The van der Waals surface area contributed by atoms with Gasteiger partial charge in [0.1, 0.15) is 12.1 Å². The molecule has 0 aliphatic carbocycles. The summed E-state index contributed by atoms with van der Waals surface area (Å²) in [4.78, 5) is 25.8. The summed E-state index contributed by atoms with van der Waals surface area (Å²) in [6.07, 6.45) is 1.40. The Kier molecular flexibility index (Phi) is 5.59. The van der Waals surface area contributed by atoms with Crippen LogP contribution < -0.4 is 5.32 Å². The Morgan fingerprint density at radius 3 is 2.44 bits per heavy atom. The van der Waals surface area contributed by atoms with E-state index in [1.54, 1.807) is 4.90 Å². The molecule has 1 N–H and O–H groups in total. The molecule has 0 bridgehead atoms. The number of carbonyl (C=O) groups is 2. The summed E-state index contributed by atoms with van der Waals surface area (Å²) in [6, 6.07) is -0.726. The number of carbonyl (C=O) groups excluding carboxylic acids is 2. The lowest BCUT2D eigenvalue weighted by Gasteiger charge is -2.38. The van der Waals surface area contributed by atoms with Gasteiger partial charge in [-0.15, -0.1) is 0 Å². The van der Waals surface area contributed by atoms with Crippen LogP contribution in [0.4, 0.5) is 0 Å². The molecule has 2 unspecified atom stereocenters. The number of amides is 2. The summed E-state index contributed by atoms with van der Waals surface area (Å²) in [5, 5.41) is 2.78. The van der Waals surface area contributed by atoms with E-state index >= 15 is 0 Å². The summed E-state index contributed by atoms with van der Waals surface area (Å²) < 4.78 is 5.46. The van der Waals surface area contributed by atoms with Gasteiger partial charge in [-0.2, -0.15) is 0 Å². The molecular formula is C13H24N2O3. The maximum Gasteiger partial charge on any atom is 0.245 e. The maximum atomic E-state index is 12.2. The number of nitrogens with zero attached hydrogens (tertiary/aromatic N) is 1. The second-order valence-corrected chi connectivity index (χ2v) is 4.84. The van der Waals surface area contributed by atoms with E-state index in [4.69, 9.17) is 4.74 Å². The smallest absolute Gasteiger partial charge is 0.245 e. The fourth-order valence-electron chi connectivity index (χ4n) is 2.16. The largest absolute Gasteiger partial charge is 0.377 e. The van der Waals surface area contributed by atoms with E-state index in [1.807, 2.05) is 27.7 Å². The van der Waals surface area contributed by atoms with Crippen LogP contribution >= 0.6 is 0 Å². The van der Waals surface area contributed by atoms with Crippen LogP contribution in [-0.4, -0.2) is 48.1 Å². The van der Waals surface area contributed by atoms with Crippen molar-refractivity contribution in [3.63, 3.8) is 0 Å². The van der Waals surface area contributed by atoms with Crippen LogP contribution in [0.5, 0.6) is 0 Å². The fraction of sp³-hybridized carbons (Fsp3) is 0.846. The number of rotatable bonds is 6. The molecule has 2 atom stereocenters. The van der Waals surface area contributed by atoms with Crippen molar-refractivity contribution in [3.8, 4) is 0 Å². The summed E-state index contributed by atoms with van der Waals surface area (Å²) in [5.41, 5.74) is 0. The van der Waals surface area contributed by atoms with Crippen molar-refractivity contribution < 1.29 is 14.3 Å². The van der Waals surface area contributed by atoms with Gasteiger partial charge in [0, 0.05) is 6.54 Å². The highest BCUT2D eigenvalue weighted by molar-refractivity contribution is 5.96. The zero-order chi connectivity index (χ0) is 13.7. The van der Waals surface area contributed by atoms with E-state index in [1.165, 1.54) is 0 Å². The third-order valence-corrected chi connectivity index (χ3v) is 3.15. The average molecular weight is 256 g/mol. The molecule has 0 radical (unpaired) electrons. The Morgan fingerprint density at radius 1 is 1.28 bits per heavy atom. The second kappa shape index (κ2) is 6.73. The Labute approximate surface area is 109 Å². The predicted octanol–water partition coefficient (Wildman–Crippen LogP) is 0.927. The Morgan fingerprint density at radius 2 is 1.94 bits per heavy atom. The van der Waals surface area contributed by atoms with Crippen molar-refractivity contribution in [1.82, 2.24) is 10.2 Å². The second-order valence-electron chi connectivity index (χ2n) is 4.84. The first-order valence-electron chi connectivity index (χ1n) is 6.73. The molecule has 0 aromatic carbocycles. The summed E-state index contributed by atoms with van der Waals surface area (Å²) in [5.74, 6) is -0.0372. The minimum Gasteiger partial charge on any atom is -0.377 e. The fourth-order valence-corrected chi connectivity index (χ4v) is 2.16. The van der Waals surface area contributed by atoms with Gasteiger partial charge in [0.15, 0.2) is 0 Å². The minimum absolute atomic E-state index is 0.0105. The van der Waals surface area contributed by atoms with E-state index < -0.39 is 0 Å². The Hall–Kier alpha value is -1.10. The molecule has 0 aromatic rings. The van der Waals surface area contributed by atoms with Gasteiger partial charge in [-0.25, -0.2) is 0 Å². The van der Waals surface area contributed by atoms with Gasteiger partial charge in [-0.1, -0.05) is 13.8 Å². The zero-order valence-corrected chi connectivity index (χ0v) is 11.7. The molecule has 1 saturated heterocycles. The molecule has 1 rings (SSSR count). The molecule has 104 valence electrons. The Balaban J connectivity index is 2.67. The van der Waals surface area contributed by atoms with Gasteiger partial charge in [-0.3, -0.25) is 9.59 Å². The molecule has 0 spiro atoms. The van der Waals surface area contributed by atoms with Crippen LogP contribution in [-0.2, 0) is 14.3 Å². The number of ether oxygens (including phenoxy) is 1. The number of nitrogens with one attached hydrogen (secondary N) is 1. The highest BCUT2D eigenvalue weighted by atomic mass is 16.5. The normalized spacial score (nSPS) is 24.6. The Bertz CT molecular complexity index is 305. The first kappa shape index (κ1) is 15.0. The highest BCUT2D eigenvalue weighted by Gasteiger charge is 2.38. The highest BCUT2D eigenvalue weighted by Crippen LogP contribution is 2.14. The predicted molar refractivity (Wildman–Crippen MR) is 69.1 cm³/mol.